The first-order chi connectivity index (χ1) is 14.8. The molecule has 2 aliphatic rings. The van der Waals surface area contributed by atoms with Gasteiger partial charge in [0, 0.05) is 28.4 Å². The molecule has 4 rings (SSSR count). The summed E-state index contributed by atoms with van der Waals surface area (Å²) in [5.74, 6) is -2.05. The van der Waals surface area contributed by atoms with Crippen LogP contribution in [0.15, 0.2) is 66.4 Å². The Morgan fingerprint density at radius 1 is 1.19 bits per heavy atom. The number of nitrogens with zero attached hydrogens (tertiary/aromatic N) is 1. The third kappa shape index (κ3) is 3.96. The smallest absolute Gasteiger partial charge is 0.312 e. The van der Waals surface area contributed by atoms with Crippen molar-refractivity contribution in [3.63, 3.8) is 0 Å². The molecular formula is C23H20F2N4O2. The number of fused-ring (bicyclic) bond motifs is 1. The van der Waals surface area contributed by atoms with Gasteiger partial charge in [0.05, 0.1) is 6.54 Å². The molecule has 4 N–H and O–H groups in total. The number of nitrogens with two attached hydrogens (primary N) is 1. The van der Waals surface area contributed by atoms with Gasteiger partial charge in [0.1, 0.15) is 0 Å². The molecule has 1 amide bonds. The number of rotatable bonds is 4. The summed E-state index contributed by atoms with van der Waals surface area (Å²) in [6, 6.07) is 12.3. The van der Waals surface area contributed by atoms with Gasteiger partial charge in [-0.15, -0.1) is 0 Å². The molecule has 0 spiro atoms. The number of alkyl halides is 2. The van der Waals surface area contributed by atoms with E-state index < -0.39 is 18.2 Å². The molecule has 6 nitrogen and oxygen atoms in total. The van der Waals surface area contributed by atoms with E-state index >= 15 is 0 Å². The molecule has 158 valence electrons. The zero-order valence-electron chi connectivity index (χ0n) is 16.4. The lowest BCUT2D eigenvalue weighted by Crippen LogP contribution is -2.25. The summed E-state index contributed by atoms with van der Waals surface area (Å²) in [4.78, 5) is 14.9. The SMILES string of the molecule is N=C(OC(=N)C(F)F)c1ccc2c(c1)C(=O)N(c1ccccc1C1C=CC(N)=CC1)C2. The van der Waals surface area contributed by atoms with Crippen LogP contribution in [-0.4, -0.2) is 24.1 Å². The van der Waals surface area contributed by atoms with Crippen LogP contribution in [0.2, 0.25) is 0 Å². The van der Waals surface area contributed by atoms with Crippen molar-refractivity contribution in [2.24, 2.45) is 5.73 Å². The number of carbonyl (C=O) groups excluding carboxylic acids is 1. The molecule has 0 saturated heterocycles. The van der Waals surface area contributed by atoms with Crippen LogP contribution in [0.4, 0.5) is 14.5 Å². The normalized spacial score (nSPS) is 17.5. The summed E-state index contributed by atoms with van der Waals surface area (Å²) in [7, 11) is 0. The highest BCUT2D eigenvalue weighted by molar-refractivity contribution is 6.12. The number of anilines is 1. The van der Waals surface area contributed by atoms with Crippen molar-refractivity contribution in [1.29, 1.82) is 10.8 Å². The maximum atomic E-state index is 13.2. The maximum Gasteiger partial charge on any atom is 0.312 e. The number of amides is 1. The number of nitrogens with one attached hydrogen (secondary N) is 2. The highest BCUT2D eigenvalue weighted by Gasteiger charge is 2.31. The Labute approximate surface area is 177 Å². The van der Waals surface area contributed by atoms with Gasteiger partial charge in [0.2, 0.25) is 5.90 Å². The Kier molecular flexibility index (Phi) is 5.37. The summed E-state index contributed by atoms with van der Waals surface area (Å²) in [5.41, 5.74) is 9.65. The van der Waals surface area contributed by atoms with Crippen LogP contribution in [0.25, 0.3) is 0 Å². The molecule has 0 aromatic heterocycles. The van der Waals surface area contributed by atoms with Crippen LogP contribution in [0.1, 0.15) is 39.4 Å². The monoisotopic (exact) mass is 422 g/mol. The number of allylic oxidation sites excluding steroid dienone is 3. The highest BCUT2D eigenvalue weighted by Crippen LogP contribution is 2.37. The Morgan fingerprint density at radius 3 is 2.68 bits per heavy atom. The second-order valence-corrected chi connectivity index (χ2v) is 7.32. The van der Waals surface area contributed by atoms with Crippen LogP contribution in [0.5, 0.6) is 0 Å². The molecule has 31 heavy (non-hydrogen) atoms. The molecule has 0 bridgehead atoms. The van der Waals surface area contributed by atoms with E-state index in [4.69, 9.17) is 16.6 Å². The fraction of sp³-hybridized carbons (Fsp3) is 0.174. The minimum atomic E-state index is -3.11. The summed E-state index contributed by atoms with van der Waals surface area (Å²) in [6.07, 6.45) is 3.47. The molecule has 2 aromatic carbocycles. The zero-order chi connectivity index (χ0) is 22.1. The zero-order valence-corrected chi connectivity index (χ0v) is 16.4. The number of carbonyl (C=O) groups is 1. The summed E-state index contributed by atoms with van der Waals surface area (Å²) >= 11 is 0. The van der Waals surface area contributed by atoms with E-state index in [1.807, 2.05) is 42.5 Å². The van der Waals surface area contributed by atoms with Crippen molar-refractivity contribution < 1.29 is 18.3 Å². The number of benzene rings is 2. The van der Waals surface area contributed by atoms with Crippen molar-refractivity contribution in [1.82, 2.24) is 0 Å². The van der Waals surface area contributed by atoms with Crippen molar-refractivity contribution in [3.05, 3.63) is 88.6 Å². The Bertz CT molecular complexity index is 1140. The Morgan fingerprint density at radius 2 is 1.97 bits per heavy atom. The van der Waals surface area contributed by atoms with Crippen molar-refractivity contribution in [2.75, 3.05) is 4.90 Å². The maximum absolute atomic E-state index is 13.2. The number of ether oxygens (including phenoxy) is 1. The van der Waals surface area contributed by atoms with Crippen LogP contribution in [0.3, 0.4) is 0 Å². The van der Waals surface area contributed by atoms with Gasteiger partial charge in [-0.05, 0) is 41.8 Å². The van der Waals surface area contributed by atoms with E-state index in [0.29, 0.717) is 12.1 Å². The summed E-state index contributed by atoms with van der Waals surface area (Å²) in [5, 5.41) is 14.9. The lowest BCUT2D eigenvalue weighted by atomic mass is 9.90. The molecule has 1 unspecified atom stereocenters. The molecular weight excluding hydrogens is 402 g/mol. The van der Waals surface area contributed by atoms with Crippen molar-refractivity contribution in [3.8, 4) is 0 Å². The van der Waals surface area contributed by atoms with E-state index in [9.17, 15) is 13.6 Å². The highest BCUT2D eigenvalue weighted by atomic mass is 19.3. The van der Waals surface area contributed by atoms with Crippen LogP contribution in [-0.2, 0) is 11.3 Å². The lowest BCUT2D eigenvalue weighted by molar-refractivity contribution is 0.0996. The molecule has 1 atom stereocenters. The number of hydrogen-bond donors (Lipinski definition) is 3. The standard InChI is InChI=1S/C23H20F2N4O2/c24-20(25)22(28)31-21(27)14-5-6-15-12-29(23(30)18(15)11-14)19-4-2-1-3-17(19)13-7-9-16(26)10-8-13/h1-7,9-11,13,20,27-28H,8,12,26H2. The first-order valence-corrected chi connectivity index (χ1v) is 9.66. The van der Waals surface area contributed by atoms with Crippen LogP contribution in [0, 0.1) is 10.8 Å². The van der Waals surface area contributed by atoms with Crippen LogP contribution >= 0.6 is 0 Å². The molecule has 0 radical (unpaired) electrons. The van der Waals surface area contributed by atoms with E-state index in [2.05, 4.69) is 4.74 Å². The van der Waals surface area contributed by atoms with Crippen molar-refractivity contribution >= 4 is 23.4 Å². The average Bonchev–Trinajstić information content (AvgIpc) is 3.10. The predicted octanol–water partition coefficient (Wildman–Crippen LogP) is 4.32. The average molecular weight is 422 g/mol. The van der Waals surface area contributed by atoms with E-state index in [0.717, 1.165) is 28.9 Å². The van der Waals surface area contributed by atoms with Gasteiger partial charge in [0.15, 0.2) is 0 Å². The Balaban J connectivity index is 1.60. The Hall–Kier alpha value is -3.81. The largest absolute Gasteiger partial charge is 0.419 e. The van der Waals surface area contributed by atoms with Gasteiger partial charge in [0.25, 0.3) is 11.8 Å². The fourth-order valence-corrected chi connectivity index (χ4v) is 3.76. The van der Waals surface area contributed by atoms with E-state index in [1.165, 1.54) is 12.1 Å². The molecule has 1 aliphatic heterocycles. The van der Waals surface area contributed by atoms with Crippen LogP contribution < -0.4 is 10.6 Å². The minimum absolute atomic E-state index is 0.0949. The molecule has 1 heterocycles. The molecule has 2 aromatic rings. The van der Waals surface area contributed by atoms with Gasteiger partial charge in [-0.25, -0.2) is 0 Å². The second-order valence-electron chi connectivity index (χ2n) is 7.32. The fourth-order valence-electron chi connectivity index (χ4n) is 3.76. The summed E-state index contributed by atoms with van der Waals surface area (Å²) in [6.45, 7) is 0.362. The van der Waals surface area contributed by atoms with E-state index in [1.54, 1.807) is 11.0 Å². The van der Waals surface area contributed by atoms with Gasteiger partial charge in [-0.3, -0.25) is 15.6 Å². The summed E-state index contributed by atoms with van der Waals surface area (Å²) < 4.78 is 29.6. The van der Waals surface area contributed by atoms with Crippen molar-refractivity contribution in [2.45, 2.75) is 25.3 Å². The molecule has 0 saturated carbocycles. The third-order valence-corrected chi connectivity index (χ3v) is 5.34. The molecule has 8 heteroatoms. The van der Waals surface area contributed by atoms with Gasteiger partial charge >= 0.3 is 6.43 Å². The lowest BCUT2D eigenvalue weighted by Gasteiger charge is -2.24. The number of para-hydroxylation sites is 1. The number of halogens is 2. The predicted molar refractivity (Wildman–Crippen MR) is 114 cm³/mol. The van der Waals surface area contributed by atoms with Gasteiger partial charge in [-0.2, -0.15) is 8.78 Å². The first-order valence-electron chi connectivity index (χ1n) is 9.66. The van der Waals surface area contributed by atoms with Gasteiger partial charge in [-0.1, -0.05) is 36.4 Å². The van der Waals surface area contributed by atoms with Gasteiger partial charge < -0.3 is 15.4 Å². The second kappa shape index (κ2) is 8.14. The minimum Gasteiger partial charge on any atom is -0.419 e. The molecule has 0 fully saturated rings. The molecule has 1 aliphatic carbocycles. The first kappa shape index (κ1) is 20.5. The topological polar surface area (TPSA) is 103 Å². The third-order valence-electron chi connectivity index (χ3n) is 5.34. The van der Waals surface area contributed by atoms with E-state index in [-0.39, 0.29) is 17.4 Å². The quantitative estimate of drug-likeness (QED) is 0.505. The number of hydrogen-bond acceptors (Lipinski definition) is 5.